The maximum atomic E-state index is 11.3. The van der Waals surface area contributed by atoms with Crippen LogP contribution in [0.25, 0.3) is 11.3 Å². The first kappa shape index (κ1) is 17.2. The maximum Gasteiger partial charge on any atom is 0.208 e. The van der Waals surface area contributed by atoms with Gasteiger partial charge in [0.2, 0.25) is 10.0 Å². The molecule has 1 saturated heterocycles. The van der Waals surface area contributed by atoms with E-state index in [4.69, 9.17) is 4.42 Å². The molecule has 1 aliphatic rings. The Hall–Kier alpha value is -1.63. The van der Waals surface area contributed by atoms with Gasteiger partial charge in [0.25, 0.3) is 0 Å². The summed E-state index contributed by atoms with van der Waals surface area (Å²) in [5.41, 5.74) is 2.36. The van der Waals surface area contributed by atoms with E-state index in [-0.39, 0.29) is 6.04 Å². The molecule has 3 rings (SSSR count). The Morgan fingerprint density at radius 3 is 2.50 bits per heavy atom. The molecule has 0 radical (unpaired) electrons. The van der Waals surface area contributed by atoms with Gasteiger partial charge in [0.1, 0.15) is 11.5 Å². The van der Waals surface area contributed by atoms with E-state index in [1.807, 2.05) is 31.2 Å². The Labute approximate surface area is 143 Å². The molecule has 1 fully saturated rings. The number of likely N-dealkylation sites (tertiary alicyclic amines) is 1. The lowest BCUT2D eigenvalue weighted by atomic mass is 10.0. The van der Waals surface area contributed by atoms with Crippen LogP contribution >= 0.6 is 0 Å². The van der Waals surface area contributed by atoms with Crippen molar-refractivity contribution in [1.29, 1.82) is 0 Å². The number of nitrogens with one attached hydrogen (secondary N) is 1. The second-order valence-corrected chi connectivity index (χ2v) is 8.29. The number of benzene rings is 1. The van der Waals surface area contributed by atoms with Crippen molar-refractivity contribution in [3.8, 4) is 11.3 Å². The van der Waals surface area contributed by atoms with Crippen molar-refractivity contribution in [2.75, 3.05) is 19.3 Å². The van der Waals surface area contributed by atoms with E-state index >= 15 is 0 Å². The van der Waals surface area contributed by atoms with E-state index in [0.29, 0.717) is 0 Å². The normalized spacial score (nSPS) is 17.2. The Balaban J connectivity index is 1.66. The van der Waals surface area contributed by atoms with Crippen LogP contribution in [0.4, 0.5) is 0 Å². The Morgan fingerprint density at radius 1 is 1.17 bits per heavy atom. The van der Waals surface area contributed by atoms with Crippen LogP contribution in [0.3, 0.4) is 0 Å². The summed E-state index contributed by atoms with van der Waals surface area (Å²) >= 11 is 0. The number of furan rings is 1. The molecule has 1 aliphatic heterocycles. The molecular weight excluding hydrogens is 324 g/mol. The molecule has 0 atom stereocenters. The topological polar surface area (TPSA) is 62.6 Å². The fourth-order valence-corrected chi connectivity index (χ4v) is 4.07. The molecule has 24 heavy (non-hydrogen) atoms. The summed E-state index contributed by atoms with van der Waals surface area (Å²) < 4.78 is 31.2. The van der Waals surface area contributed by atoms with E-state index in [1.165, 1.54) is 11.8 Å². The van der Waals surface area contributed by atoms with Gasteiger partial charge in [-0.15, -0.1) is 0 Å². The van der Waals surface area contributed by atoms with Crippen LogP contribution in [-0.2, 0) is 16.6 Å². The first-order valence-electron chi connectivity index (χ1n) is 8.25. The van der Waals surface area contributed by atoms with Crippen LogP contribution in [0.5, 0.6) is 0 Å². The van der Waals surface area contributed by atoms with Crippen LogP contribution in [0, 0.1) is 6.92 Å². The quantitative estimate of drug-likeness (QED) is 0.902. The molecule has 0 unspecified atom stereocenters. The lowest BCUT2D eigenvalue weighted by Crippen LogP contribution is -2.44. The van der Waals surface area contributed by atoms with Crippen molar-refractivity contribution in [2.45, 2.75) is 32.4 Å². The lowest BCUT2D eigenvalue weighted by molar-refractivity contribution is 0.200. The number of hydrogen-bond acceptors (Lipinski definition) is 4. The zero-order chi connectivity index (χ0) is 17.2. The summed E-state index contributed by atoms with van der Waals surface area (Å²) in [6, 6.07) is 12.3. The summed E-state index contributed by atoms with van der Waals surface area (Å²) in [6.07, 6.45) is 2.91. The van der Waals surface area contributed by atoms with Gasteiger partial charge in [-0.05, 0) is 37.5 Å². The number of nitrogens with zero attached hydrogens (tertiary/aromatic N) is 1. The van der Waals surface area contributed by atoms with Gasteiger partial charge in [0, 0.05) is 31.2 Å². The fraction of sp³-hybridized carbons (Fsp3) is 0.444. The first-order chi connectivity index (χ1) is 11.4. The first-order valence-corrected chi connectivity index (χ1v) is 10.1. The smallest absolute Gasteiger partial charge is 0.208 e. The van der Waals surface area contributed by atoms with Crippen LogP contribution < -0.4 is 4.72 Å². The summed E-state index contributed by atoms with van der Waals surface area (Å²) in [4.78, 5) is 2.37. The molecule has 1 N–H and O–H groups in total. The summed E-state index contributed by atoms with van der Waals surface area (Å²) in [6.45, 7) is 4.57. The largest absolute Gasteiger partial charge is 0.461 e. The fourth-order valence-electron chi connectivity index (χ4n) is 3.23. The van der Waals surface area contributed by atoms with Gasteiger partial charge in [-0.3, -0.25) is 4.90 Å². The highest BCUT2D eigenvalue weighted by atomic mass is 32.2. The molecule has 2 heterocycles. The van der Waals surface area contributed by atoms with E-state index in [1.54, 1.807) is 0 Å². The van der Waals surface area contributed by atoms with Gasteiger partial charge in [0.05, 0.1) is 6.26 Å². The minimum absolute atomic E-state index is 0.0548. The Bertz CT molecular complexity index is 790. The molecule has 1 aromatic carbocycles. The van der Waals surface area contributed by atoms with E-state index in [0.717, 1.165) is 49.6 Å². The standard InChI is InChI=1S/C18H24N2O3S/c1-14-7-8-18(23-14)17-6-4-3-5-15(17)13-20-11-9-16(10-12-20)19-24(2,21)22/h3-8,16,19H,9-13H2,1-2H3. The number of rotatable bonds is 5. The molecule has 0 amide bonds. The van der Waals surface area contributed by atoms with Crippen molar-refractivity contribution >= 4 is 10.0 Å². The molecule has 0 spiro atoms. The minimum Gasteiger partial charge on any atom is -0.461 e. The highest BCUT2D eigenvalue weighted by molar-refractivity contribution is 7.88. The summed E-state index contributed by atoms with van der Waals surface area (Å²) in [5.74, 6) is 1.81. The zero-order valence-electron chi connectivity index (χ0n) is 14.2. The molecule has 0 bridgehead atoms. The van der Waals surface area contributed by atoms with E-state index in [9.17, 15) is 8.42 Å². The highest BCUT2D eigenvalue weighted by Gasteiger charge is 2.22. The van der Waals surface area contributed by atoms with Crippen LogP contribution in [0.15, 0.2) is 40.8 Å². The molecule has 5 nitrogen and oxygen atoms in total. The summed E-state index contributed by atoms with van der Waals surface area (Å²) in [5, 5.41) is 0. The number of aryl methyl sites for hydroxylation is 1. The zero-order valence-corrected chi connectivity index (χ0v) is 15.0. The number of sulfonamides is 1. The van der Waals surface area contributed by atoms with Gasteiger partial charge in [-0.25, -0.2) is 13.1 Å². The SMILES string of the molecule is Cc1ccc(-c2ccccc2CN2CCC(NS(C)(=O)=O)CC2)o1. The van der Waals surface area contributed by atoms with E-state index < -0.39 is 10.0 Å². The molecule has 130 valence electrons. The van der Waals surface area contributed by atoms with Crippen molar-refractivity contribution in [3.05, 3.63) is 47.7 Å². The van der Waals surface area contributed by atoms with Gasteiger partial charge in [-0.1, -0.05) is 24.3 Å². The van der Waals surface area contributed by atoms with Gasteiger partial charge >= 0.3 is 0 Å². The summed E-state index contributed by atoms with van der Waals surface area (Å²) in [7, 11) is -3.12. The van der Waals surface area contributed by atoms with Crippen LogP contribution in [0.1, 0.15) is 24.2 Å². The molecule has 1 aromatic heterocycles. The van der Waals surface area contributed by atoms with E-state index in [2.05, 4.69) is 21.8 Å². The molecule has 0 aliphatic carbocycles. The van der Waals surface area contributed by atoms with Gasteiger partial charge in [-0.2, -0.15) is 0 Å². The highest BCUT2D eigenvalue weighted by Crippen LogP contribution is 2.27. The van der Waals surface area contributed by atoms with Crippen molar-refractivity contribution in [2.24, 2.45) is 0 Å². The number of hydrogen-bond donors (Lipinski definition) is 1. The molecule has 6 heteroatoms. The lowest BCUT2D eigenvalue weighted by Gasteiger charge is -2.32. The van der Waals surface area contributed by atoms with Gasteiger partial charge in [0.15, 0.2) is 0 Å². The number of piperidine rings is 1. The molecule has 0 saturated carbocycles. The third-order valence-corrected chi connectivity index (χ3v) is 5.15. The third-order valence-electron chi connectivity index (χ3n) is 4.39. The predicted octanol–water partition coefficient (Wildman–Crippen LogP) is 2.77. The molecular formula is C18H24N2O3S. The van der Waals surface area contributed by atoms with Crippen LogP contribution in [-0.4, -0.2) is 38.7 Å². The Morgan fingerprint density at radius 2 is 1.88 bits per heavy atom. The average molecular weight is 348 g/mol. The van der Waals surface area contributed by atoms with Gasteiger partial charge < -0.3 is 4.42 Å². The van der Waals surface area contributed by atoms with Crippen molar-refractivity contribution in [3.63, 3.8) is 0 Å². The minimum atomic E-state index is -3.12. The average Bonchev–Trinajstić information content (AvgIpc) is 2.95. The Kier molecular flexibility index (Phi) is 5.08. The second kappa shape index (κ2) is 7.09. The molecule has 2 aromatic rings. The van der Waals surface area contributed by atoms with Crippen molar-refractivity contribution in [1.82, 2.24) is 9.62 Å². The third kappa shape index (κ3) is 4.47. The predicted molar refractivity (Wildman–Crippen MR) is 95.2 cm³/mol. The van der Waals surface area contributed by atoms with Crippen LogP contribution in [0.2, 0.25) is 0 Å². The maximum absolute atomic E-state index is 11.3. The monoisotopic (exact) mass is 348 g/mol. The second-order valence-electron chi connectivity index (χ2n) is 6.51. The van der Waals surface area contributed by atoms with Crippen molar-refractivity contribution < 1.29 is 12.8 Å².